The number of thioether (sulfide) groups is 1. The number of hydrogen-bond donors (Lipinski definition) is 1. The largest absolute Gasteiger partial charge is 0.313 e. The zero-order chi connectivity index (χ0) is 11.8. The second-order valence-electron chi connectivity index (χ2n) is 4.46. The molecule has 16 heavy (non-hydrogen) atoms. The molecule has 0 aromatic heterocycles. The molecule has 0 saturated carbocycles. The van der Waals surface area contributed by atoms with Crippen molar-refractivity contribution in [1.29, 1.82) is 0 Å². The predicted molar refractivity (Wildman–Crippen MR) is 74.0 cm³/mol. The van der Waals surface area contributed by atoms with Crippen molar-refractivity contribution >= 4 is 11.8 Å². The average molecular weight is 237 g/mol. The molecule has 0 radical (unpaired) electrons. The van der Waals surface area contributed by atoms with Crippen LogP contribution in [0.15, 0.2) is 29.2 Å². The highest BCUT2D eigenvalue weighted by Crippen LogP contribution is 2.20. The first-order chi connectivity index (χ1) is 7.72. The van der Waals surface area contributed by atoms with E-state index in [0.29, 0.717) is 0 Å². The van der Waals surface area contributed by atoms with Gasteiger partial charge in [-0.25, -0.2) is 0 Å². The van der Waals surface area contributed by atoms with Gasteiger partial charge in [-0.05, 0) is 42.3 Å². The SMILES string of the molecule is CCNCc1ccc(SCCC(C)C)cc1. The monoisotopic (exact) mass is 237 g/mol. The lowest BCUT2D eigenvalue weighted by Gasteiger charge is -2.06. The van der Waals surface area contributed by atoms with E-state index in [4.69, 9.17) is 0 Å². The normalized spacial score (nSPS) is 11.0. The molecule has 0 saturated heterocycles. The Bertz CT molecular complexity index is 279. The molecule has 0 amide bonds. The summed E-state index contributed by atoms with van der Waals surface area (Å²) in [5, 5.41) is 3.34. The number of benzene rings is 1. The molecule has 0 spiro atoms. The molecule has 0 atom stereocenters. The van der Waals surface area contributed by atoms with Crippen molar-refractivity contribution in [3.05, 3.63) is 29.8 Å². The highest BCUT2D eigenvalue weighted by molar-refractivity contribution is 7.99. The van der Waals surface area contributed by atoms with Crippen molar-refractivity contribution in [1.82, 2.24) is 5.32 Å². The van der Waals surface area contributed by atoms with Crippen LogP contribution < -0.4 is 5.32 Å². The maximum absolute atomic E-state index is 3.34. The van der Waals surface area contributed by atoms with Gasteiger partial charge in [0.05, 0.1) is 0 Å². The summed E-state index contributed by atoms with van der Waals surface area (Å²) in [6.07, 6.45) is 1.30. The molecular weight excluding hydrogens is 214 g/mol. The summed E-state index contributed by atoms with van der Waals surface area (Å²) >= 11 is 1.96. The maximum atomic E-state index is 3.34. The molecule has 90 valence electrons. The van der Waals surface area contributed by atoms with Crippen molar-refractivity contribution in [3.8, 4) is 0 Å². The second-order valence-corrected chi connectivity index (χ2v) is 5.62. The molecule has 1 rings (SSSR count). The summed E-state index contributed by atoms with van der Waals surface area (Å²) in [5.74, 6) is 2.03. The van der Waals surface area contributed by atoms with Gasteiger partial charge in [0.25, 0.3) is 0 Å². The van der Waals surface area contributed by atoms with Crippen molar-refractivity contribution in [3.63, 3.8) is 0 Å². The molecule has 0 fully saturated rings. The van der Waals surface area contributed by atoms with Crippen LogP contribution in [-0.2, 0) is 6.54 Å². The Hall–Kier alpha value is -0.470. The molecule has 0 aliphatic carbocycles. The van der Waals surface area contributed by atoms with Crippen LogP contribution in [-0.4, -0.2) is 12.3 Å². The highest BCUT2D eigenvalue weighted by Gasteiger charge is 1.97. The standard InChI is InChI=1S/C14H23NS/c1-4-15-11-13-5-7-14(8-6-13)16-10-9-12(2)3/h5-8,12,15H,4,9-11H2,1-3H3. The molecule has 0 bridgehead atoms. The summed E-state index contributed by atoms with van der Waals surface area (Å²) < 4.78 is 0. The van der Waals surface area contributed by atoms with Crippen LogP contribution in [0.3, 0.4) is 0 Å². The molecule has 2 heteroatoms. The fourth-order valence-electron chi connectivity index (χ4n) is 1.39. The van der Waals surface area contributed by atoms with Gasteiger partial charge in [0.1, 0.15) is 0 Å². The predicted octanol–water partition coefficient (Wildman–Crippen LogP) is 3.93. The van der Waals surface area contributed by atoms with Gasteiger partial charge in [-0.2, -0.15) is 0 Å². The Morgan fingerprint density at radius 3 is 2.44 bits per heavy atom. The molecule has 1 aromatic carbocycles. The fourth-order valence-corrected chi connectivity index (χ4v) is 2.54. The minimum absolute atomic E-state index is 0.806. The van der Waals surface area contributed by atoms with Crippen molar-refractivity contribution in [2.45, 2.75) is 38.6 Å². The minimum atomic E-state index is 0.806. The maximum Gasteiger partial charge on any atom is 0.0205 e. The Morgan fingerprint density at radius 1 is 1.19 bits per heavy atom. The summed E-state index contributed by atoms with van der Waals surface area (Å²) in [6, 6.07) is 8.91. The highest BCUT2D eigenvalue weighted by atomic mass is 32.2. The molecule has 1 N–H and O–H groups in total. The molecule has 0 aliphatic heterocycles. The Kier molecular flexibility index (Phi) is 6.58. The van der Waals surface area contributed by atoms with Crippen LogP contribution in [0.25, 0.3) is 0 Å². The van der Waals surface area contributed by atoms with Crippen LogP contribution in [0.1, 0.15) is 32.8 Å². The lowest BCUT2D eigenvalue weighted by atomic mass is 10.2. The number of hydrogen-bond acceptors (Lipinski definition) is 2. The third kappa shape index (κ3) is 5.57. The molecule has 1 aromatic rings. The molecule has 0 unspecified atom stereocenters. The van der Waals surface area contributed by atoms with Gasteiger partial charge < -0.3 is 5.32 Å². The van der Waals surface area contributed by atoms with E-state index in [1.165, 1.54) is 22.6 Å². The fraction of sp³-hybridized carbons (Fsp3) is 0.571. The van der Waals surface area contributed by atoms with Crippen molar-refractivity contribution < 1.29 is 0 Å². The first kappa shape index (κ1) is 13.6. The Labute approximate surface area is 104 Å². The van der Waals surface area contributed by atoms with E-state index in [1.54, 1.807) is 0 Å². The molecular formula is C14H23NS. The van der Waals surface area contributed by atoms with Gasteiger partial charge >= 0.3 is 0 Å². The average Bonchev–Trinajstić information content (AvgIpc) is 2.27. The van der Waals surface area contributed by atoms with E-state index in [9.17, 15) is 0 Å². The molecule has 0 aliphatic rings. The summed E-state index contributed by atoms with van der Waals surface area (Å²) in [4.78, 5) is 1.39. The third-order valence-corrected chi connectivity index (χ3v) is 3.51. The first-order valence-electron chi connectivity index (χ1n) is 6.14. The van der Waals surface area contributed by atoms with E-state index in [0.717, 1.165) is 19.0 Å². The number of nitrogens with one attached hydrogen (secondary N) is 1. The quantitative estimate of drug-likeness (QED) is 0.721. The van der Waals surface area contributed by atoms with Gasteiger partial charge in [0, 0.05) is 11.4 Å². The van der Waals surface area contributed by atoms with E-state index in [1.807, 2.05) is 11.8 Å². The van der Waals surface area contributed by atoms with Crippen LogP contribution in [0, 0.1) is 5.92 Å². The zero-order valence-electron chi connectivity index (χ0n) is 10.6. The van der Waals surface area contributed by atoms with Gasteiger partial charge in [-0.3, -0.25) is 0 Å². The van der Waals surface area contributed by atoms with Gasteiger partial charge in [0.2, 0.25) is 0 Å². The van der Waals surface area contributed by atoms with Crippen LogP contribution in [0.2, 0.25) is 0 Å². The molecule has 1 nitrogen and oxygen atoms in total. The third-order valence-electron chi connectivity index (χ3n) is 2.47. The van der Waals surface area contributed by atoms with Crippen molar-refractivity contribution in [2.75, 3.05) is 12.3 Å². The van der Waals surface area contributed by atoms with E-state index >= 15 is 0 Å². The van der Waals surface area contributed by atoms with Gasteiger partial charge in [0.15, 0.2) is 0 Å². The molecule has 0 heterocycles. The van der Waals surface area contributed by atoms with Crippen molar-refractivity contribution in [2.24, 2.45) is 5.92 Å². The second kappa shape index (κ2) is 7.75. The zero-order valence-corrected chi connectivity index (χ0v) is 11.4. The van der Waals surface area contributed by atoms with Gasteiger partial charge in [-0.1, -0.05) is 32.9 Å². The smallest absolute Gasteiger partial charge is 0.0205 e. The van der Waals surface area contributed by atoms with Crippen LogP contribution >= 0.6 is 11.8 Å². The Morgan fingerprint density at radius 2 is 1.88 bits per heavy atom. The topological polar surface area (TPSA) is 12.0 Å². The van der Waals surface area contributed by atoms with E-state index in [2.05, 4.69) is 50.4 Å². The summed E-state index contributed by atoms with van der Waals surface area (Å²) in [6.45, 7) is 8.70. The lowest BCUT2D eigenvalue weighted by Crippen LogP contribution is -2.11. The first-order valence-corrected chi connectivity index (χ1v) is 7.13. The van der Waals surface area contributed by atoms with Crippen LogP contribution in [0.4, 0.5) is 0 Å². The number of rotatable bonds is 7. The minimum Gasteiger partial charge on any atom is -0.313 e. The summed E-state index contributed by atoms with van der Waals surface area (Å²) in [7, 11) is 0. The lowest BCUT2D eigenvalue weighted by molar-refractivity contribution is 0.632. The van der Waals surface area contributed by atoms with Crippen LogP contribution in [0.5, 0.6) is 0 Å². The van der Waals surface area contributed by atoms with Gasteiger partial charge in [-0.15, -0.1) is 11.8 Å². The Balaban J connectivity index is 2.33. The van der Waals surface area contributed by atoms with E-state index < -0.39 is 0 Å². The summed E-state index contributed by atoms with van der Waals surface area (Å²) in [5.41, 5.74) is 1.37. The van der Waals surface area contributed by atoms with E-state index in [-0.39, 0.29) is 0 Å².